The number of nitrogens with zero attached hydrogens (tertiary/aromatic N) is 1. The predicted molar refractivity (Wildman–Crippen MR) is 97.7 cm³/mol. The van der Waals surface area contributed by atoms with Gasteiger partial charge in [-0.15, -0.1) is 12.4 Å². The molecule has 0 saturated carbocycles. The highest BCUT2D eigenvalue weighted by Gasteiger charge is 2.26. The number of nitrogens with one attached hydrogen (secondary N) is 1. The zero-order valence-electron chi connectivity index (χ0n) is 14.4. The number of amides is 1. The number of ether oxygens (including phenoxy) is 2. The van der Waals surface area contributed by atoms with Crippen LogP contribution in [-0.2, 0) is 20.7 Å². The number of hydrogen-bond donors (Lipinski definition) is 1. The molecule has 1 aliphatic rings. The van der Waals surface area contributed by atoms with Crippen molar-refractivity contribution in [3.05, 3.63) is 35.9 Å². The van der Waals surface area contributed by atoms with Crippen LogP contribution in [0.5, 0.6) is 0 Å². The fourth-order valence-electron chi connectivity index (χ4n) is 2.74. The largest absolute Gasteiger partial charge is 0.383 e. The van der Waals surface area contributed by atoms with E-state index in [-0.39, 0.29) is 24.4 Å². The van der Waals surface area contributed by atoms with Crippen molar-refractivity contribution in [1.29, 1.82) is 0 Å². The molecule has 1 atom stereocenters. The van der Waals surface area contributed by atoms with E-state index in [9.17, 15) is 4.79 Å². The maximum absolute atomic E-state index is 12.0. The van der Waals surface area contributed by atoms with Crippen molar-refractivity contribution in [1.82, 2.24) is 10.2 Å². The summed E-state index contributed by atoms with van der Waals surface area (Å²) in [5.74, 6) is 0.150. The molecule has 6 heteroatoms. The first kappa shape index (κ1) is 20.9. The molecule has 1 unspecified atom stereocenters. The van der Waals surface area contributed by atoms with Gasteiger partial charge in [0, 0.05) is 33.4 Å². The summed E-state index contributed by atoms with van der Waals surface area (Å²) < 4.78 is 10.9. The maximum Gasteiger partial charge on any atom is 0.236 e. The van der Waals surface area contributed by atoms with Gasteiger partial charge in [-0.25, -0.2) is 0 Å². The predicted octanol–water partition coefficient (Wildman–Crippen LogP) is 1.89. The second-order valence-electron chi connectivity index (χ2n) is 5.88. The third-order valence-electron chi connectivity index (χ3n) is 4.06. The Hall–Kier alpha value is -1.14. The number of carbonyl (C=O) groups is 1. The van der Waals surface area contributed by atoms with Gasteiger partial charge in [0.15, 0.2) is 0 Å². The third-order valence-corrected chi connectivity index (χ3v) is 4.06. The van der Waals surface area contributed by atoms with Crippen LogP contribution in [0.3, 0.4) is 0 Å². The van der Waals surface area contributed by atoms with E-state index in [2.05, 4.69) is 29.6 Å². The summed E-state index contributed by atoms with van der Waals surface area (Å²) in [6.07, 6.45) is 3.19. The number of aryl methyl sites for hydroxylation is 1. The van der Waals surface area contributed by atoms with E-state index < -0.39 is 0 Å². The van der Waals surface area contributed by atoms with Crippen molar-refractivity contribution in [2.24, 2.45) is 0 Å². The Kier molecular flexibility index (Phi) is 10.7. The van der Waals surface area contributed by atoms with Gasteiger partial charge in [0.05, 0.1) is 19.3 Å². The lowest BCUT2D eigenvalue weighted by atomic mass is 10.1. The minimum absolute atomic E-state index is 0. The molecule has 1 fully saturated rings. The van der Waals surface area contributed by atoms with Crippen LogP contribution in [0.15, 0.2) is 30.3 Å². The van der Waals surface area contributed by atoms with Gasteiger partial charge in [0.1, 0.15) is 0 Å². The molecule has 0 radical (unpaired) electrons. The van der Waals surface area contributed by atoms with Crippen LogP contribution in [0.1, 0.15) is 18.4 Å². The highest BCUT2D eigenvalue weighted by Crippen LogP contribution is 2.13. The number of methoxy groups -OCH3 is 1. The van der Waals surface area contributed by atoms with Crippen LogP contribution >= 0.6 is 12.4 Å². The molecule has 1 N–H and O–H groups in total. The summed E-state index contributed by atoms with van der Waals surface area (Å²) in [5.41, 5.74) is 1.35. The molecular formula is C18H29ClN2O3. The average Bonchev–Trinajstić information content (AvgIpc) is 3.05. The van der Waals surface area contributed by atoms with Gasteiger partial charge in [-0.1, -0.05) is 30.3 Å². The van der Waals surface area contributed by atoms with Crippen molar-refractivity contribution in [3.8, 4) is 0 Å². The van der Waals surface area contributed by atoms with Crippen LogP contribution in [0, 0.1) is 0 Å². The van der Waals surface area contributed by atoms with Gasteiger partial charge in [0.25, 0.3) is 0 Å². The molecule has 5 nitrogen and oxygen atoms in total. The first-order chi connectivity index (χ1) is 11.3. The Morgan fingerprint density at radius 2 is 2.08 bits per heavy atom. The van der Waals surface area contributed by atoms with Crippen molar-refractivity contribution >= 4 is 18.3 Å². The molecule has 1 amide bonds. The molecule has 1 aromatic carbocycles. The summed E-state index contributed by atoms with van der Waals surface area (Å²) in [6.45, 7) is 3.98. The van der Waals surface area contributed by atoms with Crippen LogP contribution in [0.25, 0.3) is 0 Å². The van der Waals surface area contributed by atoms with Crippen LogP contribution in [-0.4, -0.2) is 63.4 Å². The minimum atomic E-state index is 0. The number of halogens is 1. The molecule has 0 bridgehead atoms. The molecule has 0 spiro atoms. The highest BCUT2D eigenvalue weighted by atomic mass is 35.5. The second-order valence-corrected chi connectivity index (χ2v) is 5.88. The normalized spacial score (nSPS) is 16.9. The lowest BCUT2D eigenvalue weighted by molar-refractivity contribution is -0.129. The van der Waals surface area contributed by atoms with Crippen molar-refractivity contribution in [2.45, 2.75) is 25.4 Å². The highest BCUT2D eigenvalue weighted by molar-refractivity contribution is 5.85. The first-order valence-electron chi connectivity index (χ1n) is 8.42. The van der Waals surface area contributed by atoms with Gasteiger partial charge in [-0.3, -0.25) is 4.79 Å². The van der Waals surface area contributed by atoms with E-state index in [0.717, 1.165) is 39.0 Å². The second kappa shape index (κ2) is 12.3. The number of likely N-dealkylation sites (tertiary alicyclic amines) is 1. The fraction of sp³-hybridized carbons (Fsp3) is 0.611. The van der Waals surface area contributed by atoms with Gasteiger partial charge in [0.2, 0.25) is 5.91 Å². The molecule has 24 heavy (non-hydrogen) atoms. The molecule has 1 saturated heterocycles. The van der Waals surface area contributed by atoms with E-state index in [4.69, 9.17) is 9.47 Å². The van der Waals surface area contributed by atoms with E-state index in [1.165, 1.54) is 5.56 Å². The summed E-state index contributed by atoms with van der Waals surface area (Å²) in [4.78, 5) is 13.9. The number of rotatable bonds is 10. The lowest BCUT2D eigenvalue weighted by Gasteiger charge is -2.17. The molecule has 1 aliphatic heterocycles. The number of carbonyl (C=O) groups excluding carboxylic acids is 1. The molecule has 0 aliphatic carbocycles. The van der Waals surface area contributed by atoms with Crippen LogP contribution in [0.4, 0.5) is 0 Å². The first-order valence-corrected chi connectivity index (χ1v) is 8.42. The van der Waals surface area contributed by atoms with Gasteiger partial charge in [-0.2, -0.15) is 0 Å². The van der Waals surface area contributed by atoms with Gasteiger partial charge in [-0.05, 0) is 24.8 Å². The maximum atomic E-state index is 12.0. The zero-order valence-corrected chi connectivity index (χ0v) is 15.2. The fourth-order valence-corrected chi connectivity index (χ4v) is 2.74. The monoisotopic (exact) mass is 356 g/mol. The lowest BCUT2D eigenvalue weighted by Crippen LogP contribution is -2.38. The zero-order chi connectivity index (χ0) is 16.3. The average molecular weight is 357 g/mol. The Bertz CT molecular complexity index is 459. The summed E-state index contributed by atoms with van der Waals surface area (Å²) in [6, 6.07) is 10.5. The Labute approximate surface area is 151 Å². The Morgan fingerprint density at radius 1 is 1.29 bits per heavy atom. The molecule has 2 rings (SSSR count). The van der Waals surface area contributed by atoms with E-state index in [1.54, 1.807) is 7.11 Å². The van der Waals surface area contributed by atoms with E-state index >= 15 is 0 Å². The van der Waals surface area contributed by atoms with Crippen LogP contribution in [0.2, 0.25) is 0 Å². The number of hydrogen-bond acceptors (Lipinski definition) is 4. The van der Waals surface area contributed by atoms with Gasteiger partial charge < -0.3 is 19.7 Å². The third kappa shape index (κ3) is 7.62. The molecule has 1 aromatic rings. The smallest absolute Gasteiger partial charge is 0.236 e. The van der Waals surface area contributed by atoms with E-state index in [1.807, 2.05) is 11.0 Å². The topological polar surface area (TPSA) is 50.8 Å². The summed E-state index contributed by atoms with van der Waals surface area (Å²) >= 11 is 0. The Morgan fingerprint density at radius 3 is 2.83 bits per heavy atom. The molecular weight excluding hydrogens is 328 g/mol. The Balaban J connectivity index is 0.00000288. The van der Waals surface area contributed by atoms with Crippen molar-refractivity contribution in [2.75, 3.05) is 46.5 Å². The van der Waals surface area contributed by atoms with Crippen molar-refractivity contribution < 1.29 is 14.3 Å². The number of benzene rings is 1. The quantitative estimate of drug-likeness (QED) is 0.650. The SMILES string of the molecule is COCCNCC(=O)N1CCC(OCCCc2ccccc2)C1.Cl. The molecule has 136 valence electrons. The summed E-state index contributed by atoms with van der Waals surface area (Å²) in [5, 5.41) is 3.09. The molecule has 0 aromatic heterocycles. The molecule has 1 heterocycles. The van der Waals surface area contributed by atoms with Gasteiger partial charge >= 0.3 is 0 Å². The van der Waals surface area contributed by atoms with Crippen molar-refractivity contribution in [3.63, 3.8) is 0 Å². The minimum Gasteiger partial charge on any atom is -0.383 e. The van der Waals surface area contributed by atoms with E-state index in [0.29, 0.717) is 19.7 Å². The summed E-state index contributed by atoms with van der Waals surface area (Å²) in [7, 11) is 1.66. The van der Waals surface area contributed by atoms with Crippen LogP contribution < -0.4 is 5.32 Å². The standard InChI is InChI=1S/C18H28N2O3.ClH/c1-22-13-10-19-14-18(21)20-11-9-17(15-20)23-12-5-8-16-6-3-2-4-7-16;/h2-4,6-7,17,19H,5,8-15H2,1H3;1H.